The lowest BCUT2D eigenvalue weighted by atomic mass is 10.1. The Labute approximate surface area is 182 Å². The molecule has 8 heteroatoms. The summed E-state index contributed by atoms with van der Waals surface area (Å²) in [6, 6.07) is 10.5. The van der Waals surface area contributed by atoms with Crippen LogP contribution in [-0.2, 0) is 17.8 Å². The van der Waals surface area contributed by atoms with E-state index < -0.39 is 0 Å². The van der Waals surface area contributed by atoms with Crippen LogP contribution < -0.4 is 9.47 Å². The lowest BCUT2D eigenvalue weighted by molar-refractivity contribution is 0.117. The van der Waals surface area contributed by atoms with Gasteiger partial charge >= 0.3 is 0 Å². The number of fused-ring (bicyclic) bond motifs is 3. The van der Waals surface area contributed by atoms with Gasteiger partial charge in [-0.2, -0.15) is 0 Å². The number of hydrogen-bond donors (Lipinski definition) is 0. The van der Waals surface area contributed by atoms with Crippen molar-refractivity contribution >= 4 is 39.2 Å². The SMILES string of the molecule is c1csc(CN2Cc3cc4cc5c(cc4nc3SC2=NC[C@@H]2CCCO2)OCO5)c1. The molecule has 0 N–H and O–H groups in total. The van der Waals surface area contributed by atoms with Crippen LogP contribution in [0.5, 0.6) is 11.5 Å². The van der Waals surface area contributed by atoms with E-state index in [2.05, 4.69) is 28.5 Å². The highest BCUT2D eigenvalue weighted by atomic mass is 32.2. The first kappa shape index (κ1) is 18.5. The monoisotopic (exact) mass is 439 g/mol. The van der Waals surface area contributed by atoms with Crippen LogP contribution in [0.1, 0.15) is 23.3 Å². The molecule has 1 atom stereocenters. The van der Waals surface area contributed by atoms with E-state index in [1.165, 1.54) is 10.4 Å². The van der Waals surface area contributed by atoms with E-state index in [1.807, 2.05) is 12.1 Å². The van der Waals surface area contributed by atoms with Crippen molar-refractivity contribution in [2.45, 2.75) is 37.1 Å². The van der Waals surface area contributed by atoms with Crippen molar-refractivity contribution in [1.82, 2.24) is 9.88 Å². The molecule has 1 saturated heterocycles. The van der Waals surface area contributed by atoms with E-state index in [-0.39, 0.29) is 12.9 Å². The molecule has 1 fully saturated rings. The average molecular weight is 440 g/mol. The fraction of sp³-hybridized carbons (Fsp3) is 0.364. The van der Waals surface area contributed by atoms with Crippen LogP contribution in [0.4, 0.5) is 0 Å². The molecule has 3 aliphatic rings. The molecule has 5 heterocycles. The lowest BCUT2D eigenvalue weighted by Gasteiger charge is -2.30. The first-order valence-electron chi connectivity index (χ1n) is 10.2. The van der Waals surface area contributed by atoms with Gasteiger partial charge in [0.2, 0.25) is 6.79 Å². The van der Waals surface area contributed by atoms with Gasteiger partial charge in [-0.05, 0) is 48.2 Å². The molecule has 6 rings (SSSR count). The summed E-state index contributed by atoms with van der Waals surface area (Å²) in [5.74, 6) is 1.56. The van der Waals surface area contributed by atoms with Gasteiger partial charge in [-0.25, -0.2) is 4.98 Å². The summed E-state index contributed by atoms with van der Waals surface area (Å²) in [7, 11) is 0. The Balaban J connectivity index is 1.35. The van der Waals surface area contributed by atoms with Crippen molar-refractivity contribution < 1.29 is 14.2 Å². The van der Waals surface area contributed by atoms with Crippen LogP contribution in [0.25, 0.3) is 10.9 Å². The minimum atomic E-state index is 0.243. The van der Waals surface area contributed by atoms with Crippen LogP contribution in [0.15, 0.2) is 45.7 Å². The van der Waals surface area contributed by atoms with Gasteiger partial charge in [-0.15, -0.1) is 11.3 Å². The highest BCUT2D eigenvalue weighted by Gasteiger charge is 2.26. The fourth-order valence-corrected chi connectivity index (χ4v) is 5.72. The molecule has 0 saturated carbocycles. The molecule has 0 radical (unpaired) electrons. The Morgan fingerprint density at radius 3 is 2.97 bits per heavy atom. The van der Waals surface area contributed by atoms with Crippen molar-refractivity contribution in [3.8, 4) is 11.5 Å². The third kappa shape index (κ3) is 3.53. The number of nitrogens with zero attached hydrogens (tertiary/aromatic N) is 3. The summed E-state index contributed by atoms with van der Waals surface area (Å²) >= 11 is 3.44. The highest BCUT2D eigenvalue weighted by Crippen LogP contribution is 2.39. The number of aromatic nitrogens is 1. The molecule has 3 aliphatic heterocycles. The maximum atomic E-state index is 5.78. The summed E-state index contributed by atoms with van der Waals surface area (Å²) in [5, 5.41) is 5.25. The standard InChI is InChI=1S/C22H21N3O3S2/c1-3-16(26-5-1)10-23-22-25(12-17-4-2-6-29-17)11-15-7-14-8-19-20(28-13-27-19)9-18(14)24-21(15)30-22/h2,4,6-9,16H,1,3,5,10-13H2/t16-/m0/s1. The molecule has 0 bridgehead atoms. The van der Waals surface area contributed by atoms with E-state index in [0.717, 1.165) is 65.1 Å². The third-order valence-corrected chi connectivity index (χ3v) is 7.53. The molecule has 0 aliphatic carbocycles. The van der Waals surface area contributed by atoms with Crippen molar-refractivity contribution in [2.75, 3.05) is 19.9 Å². The number of ether oxygens (including phenoxy) is 3. The molecular formula is C22H21N3O3S2. The first-order valence-corrected chi connectivity index (χ1v) is 11.9. The van der Waals surface area contributed by atoms with Crippen LogP contribution in [-0.4, -0.2) is 41.1 Å². The Kier molecular flexibility index (Phi) is 4.78. The van der Waals surface area contributed by atoms with Gasteiger partial charge in [0.05, 0.1) is 24.7 Å². The number of thiophene rings is 1. The van der Waals surface area contributed by atoms with E-state index in [0.29, 0.717) is 6.54 Å². The lowest BCUT2D eigenvalue weighted by Crippen LogP contribution is -2.32. The smallest absolute Gasteiger partial charge is 0.231 e. The summed E-state index contributed by atoms with van der Waals surface area (Å²) in [6.07, 6.45) is 2.47. The predicted octanol–water partition coefficient (Wildman–Crippen LogP) is 4.67. The summed E-state index contributed by atoms with van der Waals surface area (Å²) in [6.45, 7) is 3.49. The quantitative estimate of drug-likeness (QED) is 0.589. The molecule has 2 aromatic heterocycles. The van der Waals surface area contributed by atoms with Crippen molar-refractivity contribution in [1.29, 1.82) is 0 Å². The molecule has 30 heavy (non-hydrogen) atoms. The Morgan fingerprint density at radius 1 is 1.20 bits per heavy atom. The molecule has 154 valence electrons. The van der Waals surface area contributed by atoms with E-state index in [4.69, 9.17) is 24.2 Å². The highest BCUT2D eigenvalue weighted by molar-refractivity contribution is 8.13. The summed E-state index contributed by atoms with van der Waals surface area (Å²) in [4.78, 5) is 13.6. The first-order chi connectivity index (χ1) is 14.8. The number of pyridine rings is 1. The fourth-order valence-electron chi connectivity index (χ4n) is 4.03. The third-order valence-electron chi connectivity index (χ3n) is 5.55. The van der Waals surface area contributed by atoms with Crippen LogP contribution >= 0.6 is 23.1 Å². The largest absolute Gasteiger partial charge is 0.454 e. The molecule has 6 nitrogen and oxygen atoms in total. The molecular weight excluding hydrogens is 418 g/mol. The number of rotatable bonds is 4. The van der Waals surface area contributed by atoms with Gasteiger partial charge in [-0.1, -0.05) is 6.07 Å². The second-order valence-corrected chi connectivity index (χ2v) is 9.63. The number of amidine groups is 1. The Morgan fingerprint density at radius 2 is 2.13 bits per heavy atom. The second kappa shape index (κ2) is 7.76. The molecule has 0 spiro atoms. The Hall–Kier alpha value is -2.29. The van der Waals surface area contributed by atoms with Gasteiger partial charge in [0.25, 0.3) is 0 Å². The normalized spacial score (nSPS) is 21.5. The number of hydrogen-bond acceptors (Lipinski definition) is 7. The second-order valence-electron chi connectivity index (χ2n) is 7.65. The van der Waals surface area contributed by atoms with Crippen LogP contribution in [0, 0.1) is 0 Å². The molecule has 0 amide bonds. The minimum Gasteiger partial charge on any atom is -0.454 e. The zero-order valence-electron chi connectivity index (χ0n) is 16.4. The maximum absolute atomic E-state index is 5.78. The zero-order chi connectivity index (χ0) is 19.9. The molecule has 1 aromatic carbocycles. The minimum absolute atomic E-state index is 0.243. The Bertz CT molecular complexity index is 1110. The molecule has 3 aromatic rings. The van der Waals surface area contributed by atoms with Gasteiger partial charge in [-0.3, -0.25) is 4.99 Å². The van der Waals surface area contributed by atoms with Crippen LogP contribution in [0.2, 0.25) is 0 Å². The van der Waals surface area contributed by atoms with Gasteiger partial charge in [0.15, 0.2) is 16.7 Å². The summed E-state index contributed by atoms with van der Waals surface area (Å²) < 4.78 is 16.9. The molecule has 0 unspecified atom stereocenters. The number of thioether (sulfide) groups is 1. The number of benzene rings is 1. The maximum Gasteiger partial charge on any atom is 0.231 e. The summed E-state index contributed by atoms with van der Waals surface area (Å²) in [5.41, 5.74) is 2.15. The van der Waals surface area contributed by atoms with Crippen molar-refractivity contribution in [2.24, 2.45) is 4.99 Å². The van der Waals surface area contributed by atoms with E-state index in [1.54, 1.807) is 23.1 Å². The zero-order valence-corrected chi connectivity index (χ0v) is 18.0. The van der Waals surface area contributed by atoms with E-state index in [9.17, 15) is 0 Å². The van der Waals surface area contributed by atoms with Crippen LogP contribution in [0.3, 0.4) is 0 Å². The van der Waals surface area contributed by atoms with Gasteiger partial charge in [0, 0.05) is 35.0 Å². The van der Waals surface area contributed by atoms with Crippen molar-refractivity contribution in [3.05, 3.63) is 46.2 Å². The van der Waals surface area contributed by atoms with E-state index >= 15 is 0 Å². The topological polar surface area (TPSA) is 56.2 Å². The van der Waals surface area contributed by atoms with Gasteiger partial charge in [0.1, 0.15) is 5.03 Å². The predicted molar refractivity (Wildman–Crippen MR) is 119 cm³/mol. The average Bonchev–Trinajstić information content (AvgIpc) is 3.51. The van der Waals surface area contributed by atoms with Gasteiger partial charge < -0.3 is 19.1 Å². The number of aliphatic imine (C=N–C) groups is 1. The van der Waals surface area contributed by atoms with Crippen molar-refractivity contribution in [3.63, 3.8) is 0 Å².